The molecule has 2 aromatic carbocycles. The number of nitrogens with two attached hydrogens (primary N) is 1. The molecule has 0 saturated carbocycles. The molecule has 1 aromatic heterocycles. The van der Waals surface area contributed by atoms with Gasteiger partial charge in [0.25, 0.3) is 0 Å². The number of fused-ring (bicyclic) bond motifs is 1. The summed E-state index contributed by atoms with van der Waals surface area (Å²) in [5.41, 5.74) is 9.31. The molecule has 3 nitrogen and oxygen atoms in total. The summed E-state index contributed by atoms with van der Waals surface area (Å²) < 4.78 is 1.82. The topological polar surface area (TPSA) is 43.8 Å². The zero-order valence-electron chi connectivity index (χ0n) is 12.2. The number of rotatable bonds is 3. The van der Waals surface area contributed by atoms with Gasteiger partial charge in [0.15, 0.2) is 0 Å². The molecule has 0 aliphatic carbocycles. The zero-order chi connectivity index (χ0) is 15.0. The molecule has 4 heteroatoms. The van der Waals surface area contributed by atoms with Gasteiger partial charge in [0, 0.05) is 19.5 Å². The number of nitrogens with zero attached hydrogens (tertiary/aromatic N) is 2. The fourth-order valence-corrected chi connectivity index (χ4v) is 2.90. The molecular formula is C17H18ClN3. The molecule has 1 heterocycles. The first-order valence-corrected chi connectivity index (χ1v) is 7.36. The summed E-state index contributed by atoms with van der Waals surface area (Å²) in [6.07, 6.45) is 0.675. The van der Waals surface area contributed by atoms with Gasteiger partial charge in [-0.15, -0.1) is 0 Å². The maximum atomic E-state index is 6.37. The highest BCUT2D eigenvalue weighted by Gasteiger charge is 2.16. The van der Waals surface area contributed by atoms with Crippen LogP contribution in [0.25, 0.3) is 10.8 Å². The summed E-state index contributed by atoms with van der Waals surface area (Å²) in [5, 5.41) is 7.48. The maximum Gasteiger partial charge on any atom is 0.0847 e. The van der Waals surface area contributed by atoms with E-state index in [0.717, 1.165) is 17.0 Å². The van der Waals surface area contributed by atoms with Gasteiger partial charge >= 0.3 is 0 Å². The SMILES string of the molecule is Cc1nn(C)c(CC(N)c2ccc3ccccc3c2)c1Cl. The van der Waals surface area contributed by atoms with E-state index in [4.69, 9.17) is 17.3 Å². The van der Waals surface area contributed by atoms with Crippen LogP contribution in [0.15, 0.2) is 42.5 Å². The van der Waals surface area contributed by atoms with Crippen molar-refractivity contribution in [3.05, 3.63) is 64.4 Å². The second-order valence-electron chi connectivity index (χ2n) is 5.39. The van der Waals surface area contributed by atoms with E-state index < -0.39 is 0 Å². The van der Waals surface area contributed by atoms with Crippen molar-refractivity contribution in [2.24, 2.45) is 12.8 Å². The van der Waals surface area contributed by atoms with E-state index >= 15 is 0 Å². The van der Waals surface area contributed by atoms with Crippen LogP contribution in [-0.4, -0.2) is 9.78 Å². The Morgan fingerprint density at radius 2 is 1.90 bits per heavy atom. The number of aryl methyl sites for hydroxylation is 2. The third-order valence-corrected chi connectivity index (χ3v) is 4.37. The van der Waals surface area contributed by atoms with Crippen molar-refractivity contribution in [2.75, 3.05) is 0 Å². The van der Waals surface area contributed by atoms with Crippen LogP contribution >= 0.6 is 11.6 Å². The lowest BCUT2D eigenvalue weighted by molar-refractivity contribution is 0.640. The second-order valence-corrected chi connectivity index (χ2v) is 5.76. The summed E-state index contributed by atoms with van der Waals surface area (Å²) in [6.45, 7) is 1.91. The van der Waals surface area contributed by atoms with Crippen molar-refractivity contribution >= 4 is 22.4 Å². The third-order valence-electron chi connectivity index (χ3n) is 3.88. The first-order chi connectivity index (χ1) is 10.1. The minimum Gasteiger partial charge on any atom is -0.324 e. The molecule has 0 saturated heterocycles. The number of aromatic nitrogens is 2. The molecule has 1 unspecified atom stereocenters. The van der Waals surface area contributed by atoms with Gasteiger partial charge in [-0.05, 0) is 29.3 Å². The minimum atomic E-state index is -0.0955. The predicted octanol–water partition coefficient (Wildman–Crippen LogP) is 3.78. The van der Waals surface area contributed by atoms with Crippen molar-refractivity contribution in [1.29, 1.82) is 0 Å². The Morgan fingerprint density at radius 3 is 2.57 bits per heavy atom. The van der Waals surface area contributed by atoms with Crippen LogP contribution in [0.4, 0.5) is 0 Å². The van der Waals surface area contributed by atoms with Crippen LogP contribution < -0.4 is 5.73 Å². The van der Waals surface area contributed by atoms with Gasteiger partial charge in [-0.25, -0.2) is 0 Å². The first kappa shape index (κ1) is 14.1. The molecule has 0 aliphatic heterocycles. The van der Waals surface area contributed by atoms with E-state index in [1.807, 2.05) is 30.8 Å². The van der Waals surface area contributed by atoms with Crippen LogP contribution in [0.2, 0.25) is 5.02 Å². The molecule has 0 fully saturated rings. The molecule has 0 aliphatic rings. The minimum absolute atomic E-state index is 0.0955. The molecule has 0 radical (unpaired) electrons. The fourth-order valence-electron chi connectivity index (χ4n) is 2.67. The van der Waals surface area contributed by atoms with Crippen molar-refractivity contribution in [3.8, 4) is 0 Å². The average molecular weight is 300 g/mol. The molecule has 3 rings (SSSR count). The highest BCUT2D eigenvalue weighted by Crippen LogP contribution is 2.26. The largest absolute Gasteiger partial charge is 0.324 e. The fraction of sp³-hybridized carbons (Fsp3) is 0.235. The van der Waals surface area contributed by atoms with Gasteiger partial charge in [-0.2, -0.15) is 5.10 Å². The monoisotopic (exact) mass is 299 g/mol. The Morgan fingerprint density at radius 1 is 1.19 bits per heavy atom. The smallest absolute Gasteiger partial charge is 0.0847 e. The molecule has 108 valence electrons. The molecule has 2 N–H and O–H groups in total. The zero-order valence-corrected chi connectivity index (χ0v) is 12.9. The number of hydrogen-bond donors (Lipinski definition) is 1. The Balaban J connectivity index is 1.91. The molecule has 3 aromatic rings. The first-order valence-electron chi connectivity index (χ1n) is 6.98. The lowest BCUT2D eigenvalue weighted by Gasteiger charge is -2.13. The normalized spacial score (nSPS) is 12.8. The summed E-state index contributed by atoms with van der Waals surface area (Å²) in [5.74, 6) is 0. The van der Waals surface area contributed by atoms with E-state index in [2.05, 4.69) is 35.4 Å². The summed E-state index contributed by atoms with van der Waals surface area (Å²) >= 11 is 6.30. The molecule has 1 atom stereocenters. The number of hydrogen-bond acceptors (Lipinski definition) is 2. The molecule has 0 spiro atoms. The molecule has 21 heavy (non-hydrogen) atoms. The Labute approximate surface area is 129 Å². The van der Waals surface area contributed by atoms with E-state index in [1.54, 1.807) is 0 Å². The maximum absolute atomic E-state index is 6.37. The predicted molar refractivity (Wildman–Crippen MR) is 87.5 cm³/mol. The van der Waals surface area contributed by atoms with E-state index in [-0.39, 0.29) is 6.04 Å². The van der Waals surface area contributed by atoms with Gasteiger partial charge in [0.05, 0.1) is 16.4 Å². The third kappa shape index (κ3) is 2.67. The van der Waals surface area contributed by atoms with Gasteiger partial charge < -0.3 is 5.73 Å². The molecular weight excluding hydrogens is 282 g/mol. The lowest BCUT2D eigenvalue weighted by Crippen LogP contribution is -2.15. The van der Waals surface area contributed by atoms with Gasteiger partial charge in [-0.3, -0.25) is 4.68 Å². The van der Waals surface area contributed by atoms with Gasteiger partial charge in [0.1, 0.15) is 0 Å². The van der Waals surface area contributed by atoms with E-state index in [0.29, 0.717) is 11.4 Å². The van der Waals surface area contributed by atoms with Gasteiger partial charge in [-0.1, -0.05) is 48.0 Å². The van der Waals surface area contributed by atoms with Crippen molar-refractivity contribution < 1.29 is 0 Å². The average Bonchev–Trinajstić information content (AvgIpc) is 2.73. The highest BCUT2D eigenvalue weighted by atomic mass is 35.5. The van der Waals surface area contributed by atoms with E-state index in [1.165, 1.54) is 10.8 Å². The van der Waals surface area contributed by atoms with Crippen LogP contribution in [0, 0.1) is 6.92 Å². The Bertz CT molecular complexity index is 792. The van der Waals surface area contributed by atoms with E-state index in [9.17, 15) is 0 Å². The van der Waals surface area contributed by atoms with Gasteiger partial charge in [0.2, 0.25) is 0 Å². The van der Waals surface area contributed by atoms with Crippen molar-refractivity contribution in [3.63, 3.8) is 0 Å². The Kier molecular flexibility index (Phi) is 3.70. The summed E-state index contributed by atoms with van der Waals surface area (Å²) in [7, 11) is 1.90. The lowest BCUT2D eigenvalue weighted by atomic mass is 9.99. The molecule has 0 bridgehead atoms. The standard InChI is InChI=1S/C17H18ClN3/c1-11-17(18)16(21(2)20-11)10-15(19)14-8-7-12-5-3-4-6-13(12)9-14/h3-9,15H,10,19H2,1-2H3. The number of benzene rings is 2. The Hall–Kier alpha value is -1.84. The van der Waals surface area contributed by atoms with Crippen molar-refractivity contribution in [1.82, 2.24) is 9.78 Å². The summed E-state index contributed by atoms with van der Waals surface area (Å²) in [6, 6.07) is 14.5. The van der Waals surface area contributed by atoms with Crippen LogP contribution in [0.5, 0.6) is 0 Å². The van der Waals surface area contributed by atoms with Crippen LogP contribution in [-0.2, 0) is 13.5 Å². The summed E-state index contributed by atoms with van der Waals surface area (Å²) in [4.78, 5) is 0. The second kappa shape index (κ2) is 5.51. The highest BCUT2D eigenvalue weighted by molar-refractivity contribution is 6.31. The quantitative estimate of drug-likeness (QED) is 0.800. The van der Waals surface area contributed by atoms with Crippen molar-refractivity contribution in [2.45, 2.75) is 19.4 Å². The van der Waals surface area contributed by atoms with Crippen LogP contribution in [0.1, 0.15) is 23.0 Å². The molecule has 0 amide bonds. The number of halogens is 1. The van der Waals surface area contributed by atoms with Crippen LogP contribution in [0.3, 0.4) is 0 Å².